The molecule has 1 saturated heterocycles. The van der Waals surface area contributed by atoms with Crippen molar-refractivity contribution in [1.29, 1.82) is 0 Å². The number of para-hydroxylation sites is 1. The van der Waals surface area contributed by atoms with Crippen molar-refractivity contribution in [2.75, 3.05) is 44.3 Å². The number of fused-ring (bicyclic) bond motifs is 1. The number of aryl methyl sites for hydroxylation is 1. The zero-order chi connectivity index (χ0) is 23.3. The van der Waals surface area contributed by atoms with E-state index < -0.39 is 0 Å². The molecule has 35 heavy (non-hydrogen) atoms. The van der Waals surface area contributed by atoms with E-state index in [1.807, 2.05) is 65.6 Å². The highest BCUT2D eigenvalue weighted by molar-refractivity contribution is 7.22. The van der Waals surface area contributed by atoms with Crippen molar-refractivity contribution < 1.29 is 9.53 Å². The lowest BCUT2D eigenvalue weighted by molar-refractivity contribution is -0.119. The van der Waals surface area contributed by atoms with Crippen LogP contribution in [-0.2, 0) is 9.53 Å². The maximum atomic E-state index is 14.3. The van der Waals surface area contributed by atoms with Crippen LogP contribution in [0.2, 0.25) is 0 Å². The Labute approximate surface area is 216 Å². The highest BCUT2D eigenvalue weighted by Crippen LogP contribution is 2.34. The molecule has 0 radical (unpaired) electrons. The summed E-state index contributed by atoms with van der Waals surface area (Å²) in [6, 6.07) is 26.3. The Bertz CT molecular complexity index is 1200. The molecule has 7 heteroatoms. The minimum absolute atomic E-state index is 0. The van der Waals surface area contributed by atoms with Gasteiger partial charge in [0, 0.05) is 26.2 Å². The molecule has 5 rings (SSSR count). The highest BCUT2D eigenvalue weighted by Gasteiger charge is 2.30. The van der Waals surface area contributed by atoms with Gasteiger partial charge in [-0.15, -0.1) is 12.4 Å². The predicted molar refractivity (Wildman–Crippen MR) is 146 cm³/mol. The molecule has 4 aromatic rings. The summed E-state index contributed by atoms with van der Waals surface area (Å²) in [7, 11) is 0. The summed E-state index contributed by atoms with van der Waals surface area (Å²) in [6.07, 6.45) is 0. The molecule has 2 heterocycles. The van der Waals surface area contributed by atoms with Crippen molar-refractivity contribution in [2.24, 2.45) is 0 Å². The van der Waals surface area contributed by atoms with Crippen LogP contribution in [-0.4, -0.2) is 55.2 Å². The molecule has 0 saturated carbocycles. The van der Waals surface area contributed by atoms with E-state index >= 15 is 0 Å². The number of rotatable bonds is 7. The number of nitrogens with zero attached hydrogens (tertiary/aromatic N) is 3. The molecule has 3 aromatic carbocycles. The van der Waals surface area contributed by atoms with Crippen molar-refractivity contribution in [3.05, 3.63) is 95.6 Å². The molecule has 0 aliphatic carbocycles. The molecule has 0 atom stereocenters. The average molecular weight is 508 g/mol. The van der Waals surface area contributed by atoms with Gasteiger partial charge in [0.25, 0.3) is 0 Å². The van der Waals surface area contributed by atoms with E-state index in [0.717, 1.165) is 64.9 Å². The molecule has 1 aliphatic rings. The maximum absolute atomic E-state index is 14.3. The lowest BCUT2D eigenvalue weighted by Crippen LogP contribution is -2.44. The van der Waals surface area contributed by atoms with Crippen LogP contribution < -0.4 is 4.90 Å². The van der Waals surface area contributed by atoms with Gasteiger partial charge in [0.1, 0.15) is 0 Å². The van der Waals surface area contributed by atoms with Gasteiger partial charge < -0.3 is 4.74 Å². The van der Waals surface area contributed by atoms with E-state index in [9.17, 15) is 4.79 Å². The van der Waals surface area contributed by atoms with Crippen LogP contribution in [0.3, 0.4) is 0 Å². The second-order valence-corrected chi connectivity index (χ2v) is 9.63. The minimum atomic E-state index is -0.389. The number of hydrogen-bond donors (Lipinski definition) is 0. The Morgan fingerprint density at radius 3 is 2.20 bits per heavy atom. The van der Waals surface area contributed by atoms with E-state index in [4.69, 9.17) is 9.72 Å². The van der Waals surface area contributed by atoms with Gasteiger partial charge in [-0.25, -0.2) is 4.98 Å². The topological polar surface area (TPSA) is 45.7 Å². The monoisotopic (exact) mass is 507 g/mol. The summed E-state index contributed by atoms with van der Waals surface area (Å²) < 4.78 is 6.62. The summed E-state index contributed by atoms with van der Waals surface area (Å²) >= 11 is 1.59. The number of morpholine rings is 1. The summed E-state index contributed by atoms with van der Waals surface area (Å²) in [4.78, 5) is 23.5. The lowest BCUT2D eigenvalue weighted by atomic mass is 9.90. The molecule has 1 aliphatic heterocycles. The lowest BCUT2D eigenvalue weighted by Gasteiger charge is -2.31. The van der Waals surface area contributed by atoms with Crippen LogP contribution in [0.5, 0.6) is 0 Å². The largest absolute Gasteiger partial charge is 0.379 e. The Hall–Kier alpha value is -2.77. The fraction of sp³-hybridized carbons (Fsp3) is 0.286. The Kier molecular flexibility index (Phi) is 8.52. The van der Waals surface area contributed by atoms with Crippen molar-refractivity contribution in [2.45, 2.75) is 12.8 Å². The number of aromatic nitrogens is 1. The second kappa shape index (κ2) is 11.8. The molecular weight excluding hydrogens is 478 g/mol. The van der Waals surface area contributed by atoms with Gasteiger partial charge in [-0.05, 0) is 29.7 Å². The Morgan fingerprint density at radius 2 is 1.60 bits per heavy atom. The number of benzene rings is 3. The number of halogens is 1. The fourth-order valence-electron chi connectivity index (χ4n) is 4.48. The molecule has 1 fully saturated rings. The zero-order valence-corrected chi connectivity index (χ0v) is 21.4. The molecule has 1 aromatic heterocycles. The number of ether oxygens (including phenoxy) is 1. The molecule has 0 spiro atoms. The maximum Gasteiger partial charge on any atom is 0.240 e. The van der Waals surface area contributed by atoms with Gasteiger partial charge in [-0.2, -0.15) is 0 Å². The van der Waals surface area contributed by atoms with Gasteiger partial charge in [0.05, 0.1) is 29.3 Å². The van der Waals surface area contributed by atoms with Gasteiger partial charge in [-0.3, -0.25) is 14.6 Å². The molecule has 0 bridgehead atoms. The SMILES string of the molecule is Cc1cccc2sc(N(CCN3CCOCC3)C(=O)C(c3ccccc3)c3ccccc3)nc12.Cl. The van der Waals surface area contributed by atoms with E-state index in [1.165, 1.54) is 0 Å². The van der Waals surface area contributed by atoms with Crippen LogP contribution in [0.4, 0.5) is 5.13 Å². The second-order valence-electron chi connectivity index (χ2n) is 8.62. The Morgan fingerprint density at radius 1 is 0.971 bits per heavy atom. The first kappa shape index (κ1) is 25.3. The number of anilines is 1. The van der Waals surface area contributed by atoms with Crippen molar-refractivity contribution in [3.63, 3.8) is 0 Å². The fourth-order valence-corrected chi connectivity index (χ4v) is 5.56. The van der Waals surface area contributed by atoms with Gasteiger partial charge >= 0.3 is 0 Å². The van der Waals surface area contributed by atoms with Crippen LogP contribution >= 0.6 is 23.7 Å². The van der Waals surface area contributed by atoms with Crippen LogP contribution in [0.1, 0.15) is 22.6 Å². The zero-order valence-electron chi connectivity index (χ0n) is 19.8. The van der Waals surface area contributed by atoms with E-state index in [2.05, 4.69) is 30.0 Å². The first-order valence-electron chi connectivity index (χ1n) is 11.8. The van der Waals surface area contributed by atoms with Crippen LogP contribution in [0, 0.1) is 6.92 Å². The molecule has 0 N–H and O–H groups in total. The standard InChI is InChI=1S/C28H29N3O2S.ClH/c1-21-9-8-14-24-26(21)29-28(34-24)31(16-15-30-17-19-33-20-18-30)27(32)25(22-10-4-2-5-11-22)23-12-6-3-7-13-23;/h2-14,25H,15-20H2,1H3;1H. The number of carbonyl (C=O) groups is 1. The quantitative estimate of drug-likeness (QED) is 0.330. The molecular formula is C28H30ClN3O2S. The average Bonchev–Trinajstić information content (AvgIpc) is 3.32. The molecule has 1 amide bonds. The van der Waals surface area contributed by atoms with Gasteiger partial charge in [0.15, 0.2) is 5.13 Å². The summed E-state index contributed by atoms with van der Waals surface area (Å²) in [6.45, 7) is 6.72. The highest BCUT2D eigenvalue weighted by atomic mass is 35.5. The Balaban J connectivity index is 0.00000289. The first-order chi connectivity index (χ1) is 16.7. The van der Waals surface area contributed by atoms with Crippen molar-refractivity contribution in [1.82, 2.24) is 9.88 Å². The molecule has 182 valence electrons. The minimum Gasteiger partial charge on any atom is -0.379 e. The summed E-state index contributed by atoms with van der Waals surface area (Å²) in [5, 5.41) is 0.763. The third-order valence-corrected chi connectivity index (χ3v) is 7.41. The normalized spacial score (nSPS) is 14.1. The smallest absolute Gasteiger partial charge is 0.240 e. The van der Waals surface area contributed by atoms with Crippen LogP contribution in [0.25, 0.3) is 10.2 Å². The summed E-state index contributed by atoms with van der Waals surface area (Å²) in [5.41, 5.74) is 4.09. The van der Waals surface area contributed by atoms with E-state index in [0.29, 0.717) is 6.54 Å². The number of amides is 1. The third kappa shape index (κ3) is 5.73. The van der Waals surface area contributed by atoms with E-state index in [1.54, 1.807) is 11.3 Å². The van der Waals surface area contributed by atoms with Crippen LogP contribution in [0.15, 0.2) is 78.9 Å². The first-order valence-corrected chi connectivity index (χ1v) is 12.6. The van der Waals surface area contributed by atoms with Crippen molar-refractivity contribution in [3.8, 4) is 0 Å². The third-order valence-electron chi connectivity index (χ3n) is 6.36. The number of thiazole rings is 1. The molecule has 5 nitrogen and oxygen atoms in total. The molecule has 0 unspecified atom stereocenters. The number of hydrogen-bond acceptors (Lipinski definition) is 5. The summed E-state index contributed by atoms with van der Waals surface area (Å²) in [5.74, 6) is -0.331. The predicted octanol–water partition coefficient (Wildman–Crippen LogP) is 5.52. The van der Waals surface area contributed by atoms with E-state index in [-0.39, 0.29) is 24.2 Å². The van der Waals surface area contributed by atoms with Gasteiger partial charge in [0.2, 0.25) is 5.91 Å². The van der Waals surface area contributed by atoms with Gasteiger partial charge in [-0.1, -0.05) is 84.1 Å². The van der Waals surface area contributed by atoms with Crippen molar-refractivity contribution >= 4 is 45.0 Å². The number of carbonyl (C=O) groups excluding carboxylic acids is 1.